The van der Waals surface area contributed by atoms with E-state index in [2.05, 4.69) is 28.7 Å². The van der Waals surface area contributed by atoms with Crippen molar-refractivity contribution in [2.45, 2.75) is 37.2 Å². The van der Waals surface area contributed by atoms with Crippen LogP contribution in [0.5, 0.6) is 0 Å². The van der Waals surface area contributed by atoms with Gasteiger partial charge in [-0.05, 0) is 49.1 Å². The smallest absolute Gasteiger partial charge is 0.240 e. The highest BCUT2D eigenvalue weighted by atomic mass is 32.2. The Morgan fingerprint density at radius 3 is 2.42 bits per heavy atom. The monoisotopic (exact) mass is 380 g/mol. The lowest BCUT2D eigenvalue weighted by Crippen LogP contribution is -2.44. The van der Waals surface area contributed by atoms with Crippen molar-refractivity contribution in [3.8, 4) is 0 Å². The molecule has 0 amide bonds. The Morgan fingerprint density at radius 2 is 1.77 bits per heavy atom. The maximum Gasteiger partial charge on any atom is 0.240 e. The van der Waals surface area contributed by atoms with E-state index in [1.54, 1.807) is 0 Å². The van der Waals surface area contributed by atoms with Gasteiger partial charge in [0.2, 0.25) is 10.0 Å². The number of piperidine rings is 1. The first kappa shape index (κ1) is 18.9. The van der Waals surface area contributed by atoms with Gasteiger partial charge in [0.05, 0.1) is 4.90 Å². The van der Waals surface area contributed by atoms with Gasteiger partial charge >= 0.3 is 0 Å². The predicted molar refractivity (Wildman–Crippen MR) is 96.2 cm³/mol. The molecular weight excluding hydrogens is 358 g/mol. The summed E-state index contributed by atoms with van der Waals surface area (Å²) >= 11 is 0. The molecule has 0 aliphatic carbocycles. The van der Waals surface area contributed by atoms with E-state index in [1.807, 2.05) is 12.1 Å². The van der Waals surface area contributed by atoms with Crippen molar-refractivity contribution in [1.82, 2.24) is 9.62 Å². The summed E-state index contributed by atoms with van der Waals surface area (Å²) in [5.41, 5.74) is 2.52. The van der Waals surface area contributed by atoms with Gasteiger partial charge in [-0.15, -0.1) is 0 Å². The highest BCUT2D eigenvalue weighted by molar-refractivity contribution is 7.89. The molecule has 1 N–H and O–H groups in total. The molecule has 1 aliphatic rings. The number of halogens is 2. The van der Waals surface area contributed by atoms with Crippen LogP contribution in [0, 0.1) is 18.6 Å². The summed E-state index contributed by atoms with van der Waals surface area (Å²) in [7, 11) is -3.86. The van der Waals surface area contributed by atoms with Gasteiger partial charge in [0, 0.05) is 25.7 Å². The minimum absolute atomic E-state index is 0.207. The third-order valence-electron chi connectivity index (χ3n) is 4.77. The molecule has 1 heterocycles. The molecule has 26 heavy (non-hydrogen) atoms. The molecule has 0 radical (unpaired) electrons. The Hall–Kier alpha value is -1.83. The molecule has 0 saturated carbocycles. The molecule has 0 unspecified atom stereocenters. The molecule has 140 valence electrons. The fourth-order valence-corrected chi connectivity index (χ4v) is 4.49. The van der Waals surface area contributed by atoms with E-state index in [9.17, 15) is 17.2 Å². The molecule has 0 atom stereocenters. The number of sulfonamides is 1. The highest BCUT2D eigenvalue weighted by Gasteiger charge is 2.25. The molecule has 2 aromatic rings. The molecule has 3 rings (SSSR count). The second-order valence-corrected chi connectivity index (χ2v) is 8.39. The van der Waals surface area contributed by atoms with Crippen LogP contribution in [0.1, 0.15) is 24.0 Å². The van der Waals surface area contributed by atoms with E-state index in [1.165, 1.54) is 11.1 Å². The van der Waals surface area contributed by atoms with Crippen molar-refractivity contribution >= 4 is 10.0 Å². The van der Waals surface area contributed by atoms with Crippen molar-refractivity contribution in [2.24, 2.45) is 0 Å². The molecule has 0 aromatic heterocycles. The fraction of sp³-hybridized carbons (Fsp3) is 0.368. The fourth-order valence-electron chi connectivity index (χ4n) is 3.17. The summed E-state index contributed by atoms with van der Waals surface area (Å²) in [6.07, 6.45) is 1.35. The average molecular weight is 380 g/mol. The van der Waals surface area contributed by atoms with Crippen LogP contribution in [0.15, 0.2) is 47.4 Å². The number of benzene rings is 2. The van der Waals surface area contributed by atoms with Crippen molar-refractivity contribution in [2.75, 3.05) is 13.1 Å². The van der Waals surface area contributed by atoms with E-state index < -0.39 is 21.7 Å². The first-order valence-electron chi connectivity index (χ1n) is 8.59. The van der Waals surface area contributed by atoms with Crippen LogP contribution in [0.25, 0.3) is 0 Å². The van der Waals surface area contributed by atoms with E-state index >= 15 is 0 Å². The number of likely N-dealkylation sites (tertiary alicyclic amines) is 1. The number of hydrogen-bond donors (Lipinski definition) is 1. The number of nitrogens with one attached hydrogen (secondary N) is 1. The average Bonchev–Trinajstić information content (AvgIpc) is 2.60. The number of aryl methyl sites for hydroxylation is 1. The topological polar surface area (TPSA) is 49.4 Å². The minimum Gasteiger partial charge on any atom is -0.299 e. The van der Waals surface area contributed by atoms with E-state index in [-0.39, 0.29) is 10.9 Å². The van der Waals surface area contributed by atoms with E-state index in [4.69, 9.17) is 0 Å². The number of rotatable bonds is 5. The quantitative estimate of drug-likeness (QED) is 0.867. The molecule has 1 fully saturated rings. The Morgan fingerprint density at radius 1 is 1.08 bits per heavy atom. The predicted octanol–water partition coefficient (Wildman–Crippen LogP) is 3.22. The second-order valence-electron chi connectivity index (χ2n) is 6.67. The van der Waals surface area contributed by atoms with E-state index in [0.717, 1.165) is 31.8 Å². The maximum atomic E-state index is 13.3. The third kappa shape index (κ3) is 4.47. The van der Waals surface area contributed by atoms with Crippen molar-refractivity contribution in [1.29, 1.82) is 0 Å². The standard InChI is InChI=1S/C19H22F2N2O2S/c1-14-4-2-3-5-15(14)13-23-10-8-16(9-11-23)22-26(24,25)17-6-7-18(20)19(21)12-17/h2-7,12,16,22H,8-11,13H2,1H3. The molecule has 7 heteroatoms. The van der Waals surface area contributed by atoms with Gasteiger partial charge < -0.3 is 0 Å². The number of hydrogen-bond acceptors (Lipinski definition) is 3. The van der Waals surface area contributed by atoms with Crippen LogP contribution >= 0.6 is 0 Å². The molecule has 4 nitrogen and oxygen atoms in total. The summed E-state index contributed by atoms with van der Waals surface area (Å²) in [6.45, 7) is 4.48. The van der Waals surface area contributed by atoms with Crippen molar-refractivity contribution < 1.29 is 17.2 Å². The first-order valence-corrected chi connectivity index (χ1v) is 10.1. The van der Waals surface area contributed by atoms with Gasteiger partial charge in [-0.2, -0.15) is 0 Å². The Kier molecular flexibility index (Phi) is 5.70. The Bertz CT molecular complexity index is 879. The van der Waals surface area contributed by atoms with Crippen LogP contribution in [0.2, 0.25) is 0 Å². The van der Waals surface area contributed by atoms with Gasteiger partial charge in [0.1, 0.15) is 0 Å². The summed E-state index contributed by atoms with van der Waals surface area (Å²) in [4.78, 5) is 2.05. The van der Waals surface area contributed by atoms with Gasteiger partial charge in [-0.25, -0.2) is 21.9 Å². The minimum atomic E-state index is -3.86. The normalized spacial score (nSPS) is 16.7. The Balaban J connectivity index is 1.58. The van der Waals surface area contributed by atoms with Crippen LogP contribution in [0.3, 0.4) is 0 Å². The molecule has 1 aliphatic heterocycles. The summed E-state index contributed by atoms with van der Waals surface area (Å²) in [6, 6.07) is 10.6. The number of nitrogens with zero attached hydrogens (tertiary/aromatic N) is 1. The first-order chi connectivity index (χ1) is 12.3. The van der Waals surface area contributed by atoms with Gasteiger partial charge in [0.25, 0.3) is 0 Å². The molecular formula is C19H22F2N2O2S. The molecule has 2 aromatic carbocycles. The van der Waals surface area contributed by atoms with Crippen LogP contribution in [0.4, 0.5) is 8.78 Å². The molecule has 0 spiro atoms. The van der Waals surface area contributed by atoms with E-state index in [0.29, 0.717) is 18.9 Å². The van der Waals surface area contributed by atoms with Crippen LogP contribution in [-0.2, 0) is 16.6 Å². The summed E-state index contributed by atoms with van der Waals surface area (Å²) < 4.78 is 53.7. The lowest BCUT2D eigenvalue weighted by molar-refractivity contribution is 0.199. The van der Waals surface area contributed by atoms with Gasteiger partial charge in [0.15, 0.2) is 11.6 Å². The molecule has 0 bridgehead atoms. The summed E-state index contributed by atoms with van der Waals surface area (Å²) in [5, 5.41) is 0. The maximum absolute atomic E-state index is 13.3. The zero-order valence-electron chi connectivity index (χ0n) is 14.6. The lowest BCUT2D eigenvalue weighted by atomic mass is 10.0. The lowest BCUT2D eigenvalue weighted by Gasteiger charge is -2.32. The van der Waals surface area contributed by atoms with Gasteiger partial charge in [-0.3, -0.25) is 4.90 Å². The SMILES string of the molecule is Cc1ccccc1CN1CCC(NS(=O)(=O)c2ccc(F)c(F)c2)CC1. The van der Waals surface area contributed by atoms with Crippen molar-refractivity contribution in [3.63, 3.8) is 0 Å². The van der Waals surface area contributed by atoms with Crippen LogP contribution < -0.4 is 4.72 Å². The second kappa shape index (κ2) is 7.82. The molecule has 1 saturated heterocycles. The van der Waals surface area contributed by atoms with Crippen LogP contribution in [-0.4, -0.2) is 32.4 Å². The third-order valence-corrected chi connectivity index (χ3v) is 6.28. The summed E-state index contributed by atoms with van der Waals surface area (Å²) in [5.74, 6) is -2.23. The highest BCUT2D eigenvalue weighted by Crippen LogP contribution is 2.19. The van der Waals surface area contributed by atoms with Gasteiger partial charge in [-0.1, -0.05) is 24.3 Å². The zero-order valence-corrected chi connectivity index (χ0v) is 15.4. The zero-order chi connectivity index (χ0) is 18.7. The largest absolute Gasteiger partial charge is 0.299 e. The van der Waals surface area contributed by atoms with Crippen molar-refractivity contribution in [3.05, 3.63) is 65.2 Å². The Labute approximate surface area is 152 Å².